The Morgan fingerprint density at radius 3 is 2.16 bits per heavy atom. The third kappa shape index (κ3) is 4.45. The number of amides is 1. The molecule has 7 nitrogen and oxygen atoms in total. The lowest BCUT2D eigenvalue weighted by molar-refractivity contribution is -0.261. The van der Waals surface area contributed by atoms with Crippen molar-refractivity contribution >= 4 is 29.2 Å². The minimum absolute atomic E-state index is 0.0446. The number of rotatable bonds is 6. The van der Waals surface area contributed by atoms with E-state index >= 15 is 0 Å². The smallest absolute Gasteiger partial charge is 0.428 e. The van der Waals surface area contributed by atoms with E-state index in [9.17, 15) is 27.9 Å². The summed E-state index contributed by atoms with van der Waals surface area (Å²) in [5.74, 6) is -3.07. The van der Waals surface area contributed by atoms with Crippen molar-refractivity contribution < 1.29 is 42.1 Å². The lowest BCUT2D eigenvalue weighted by Crippen LogP contribution is -2.54. The van der Waals surface area contributed by atoms with Crippen molar-refractivity contribution in [2.75, 3.05) is 26.6 Å². The van der Waals surface area contributed by atoms with Crippen LogP contribution < -0.4 is 14.8 Å². The number of hydrogen-bond acceptors (Lipinski definition) is 6. The molecular weight excluding hydrogens is 371 g/mol. The molecular formula is C14H15ClF3NO6. The first kappa shape index (κ1) is 20.8. The average Bonchev–Trinajstić information content (AvgIpc) is 2.52. The van der Waals surface area contributed by atoms with Crippen LogP contribution in [0.3, 0.4) is 0 Å². The van der Waals surface area contributed by atoms with Crippen LogP contribution in [-0.4, -0.2) is 50.1 Å². The summed E-state index contributed by atoms with van der Waals surface area (Å²) in [4.78, 5) is 23.2. The maximum Gasteiger partial charge on any atom is 0.428 e. The van der Waals surface area contributed by atoms with Gasteiger partial charge in [0.25, 0.3) is 5.60 Å². The molecule has 0 saturated carbocycles. The SMILES string of the molecule is COC(=O)C(O)(CC(=O)Nc1cc(Cl)c(OC)cc1OC)C(F)(F)F. The highest BCUT2D eigenvalue weighted by molar-refractivity contribution is 6.32. The largest absolute Gasteiger partial charge is 0.495 e. The first-order valence-corrected chi connectivity index (χ1v) is 6.96. The molecule has 140 valence electrons. The third-order valence-corrected chi connectivity index (χ3v) is 3.45. The van der Waals surface area contributed by atoms with E-state index in [1.165, 1.54) is 26.4 Å². The minimum atomic E-state index is -5.42. The van der Waals surface area contributed by atoms with E-state index in [-0.39, 0.29) is 22.2 Å². The topological polar surface area (TPSA) is 94.1 Å². The lowest BCUT2D eigenvalue weighted by atomic mass is 9.98. The van der Waals surface area contributed by atoms with Crippen LogP contribution in [0, 0.1) is 0 Å². The molecule has 0 aliphatic heterocycles. The van der Waals surface area contributed by atoms with Crippen molar-refractivity contribution in [1.82, 2.24) is 0 Å². The molecule has 2 N–H and O–H groups in total. The van der Waals surface area contributed by atoms with Crippen molar-refractivity contribution in [3.63, 3.8) is 0 Å². The molecule has 0 aliphatic carbocycles. The summed E-state index contributed by atoms with van der Waals surface area (Å²) in [6.07, 6.45) is -7.03. The molecule has 0 radical (unpaired) electrons. The number of halogens is 4. The fourth-order valence-corrected chi connectivity index (χ4v) is 2.08. The zero-order valence-electron chi connectivity index (χ0n) is 13.4. The average molecular weight is 386 g/mol. The molecule has 1 unspecified atom stereocenters. The predicted octanol–water partition coefficient (Wildman–Crippen LogP) is 2.15. The van der Waals surface area contributed by atoms with Gasteiger partial charge < -0.3 is 24.6 Å². The monoisotopic (exact) mass is 385 g/mol. The van der Waals surface area contributed by atoms with E-state index in [1.54, 1.807) is 0 Å². The molecule has 1 rings (SSSR count). The number of carbonyl (C=O) groups excluding carboxylic acids is 2. The summed E-state index contributed by atoms with van der Waals surface area (Å²) in [6.45, 7) is 0. The predicted molar refractivity (Wildman–Crippen MR) is 80.8 cm³/mol. The van der Waals surface area contributed by atoms with Crippen LogP contribution >= 0.6 is 11.6 Å². The second-order valence-electron chi connectivity index (χ2n) is 4.76. The number of methoxy groups -OCH3 is 3. The van der Waals surface area contributed by atoms with Gasteiger partial charge in [-0.15, -0.1) is 0 Å². The highest BCUT2D eigenvalue weighted by atomic mass is 35.5. The molecule has 0 aliphatic rings. The Morgan fingerprint density at radius 1 is 1.16 bits per heavy atom. The number of carbonyl (C=O) groups is 2. The number of aliphatic hydroxyl groups is 1. The van der Waals surface area contributed by atoms with Gasteiger partial charge >= 0.3 is 12.1 Å². The summed E-state index contributed by atoms with van der Waals surface area (Å²) < 4.78 is 52.7. The maximum atomic E-state index is 13.0. The first-order chi connectivity index (χ1) is 11.5. The van der Waals surface area contributed by atoms with Gasteiger partial charge in [-0.3, -0.25) is 4.79 Å². The molecule has 1 amide bonds. The molecule has 1 atom stereocenters. The Bertz CT molecular complexity index is 667. The number of esters is 1. The quantitative estimate of drug-likeness (QED) is 0.729. The molecule has 0 aromatic heterocycles. The van der Waals surface area contributed by atoms with Gasteiger partial charge in [0.15, 0.2) is 0 Å². The van der Waals surface area contributed by atoms with Gasteiger partial charge in [0.05, 0.1) is 38.5 Å². The van der Waals surface area contributed by atoms with Gasteiger partial charge in [-0.25, -0.2) is 4.79 Å². The molecule has 0 fully saturated rings. The van der Waals surface area contributed by atoms with Gasteiger partial charge in [0.2, 0.25) is 5.91 Å². The van der Waals surface area contributed by atoms with Gasteiger partial charge in [0.1, 0.15) is 11.5 Å². The number of anilines is 1. The van der Waals surface area contributed by atoms with Crippen LogP contribution in [0.4, 0.5) is 18.9 Å². The zero-order valence-corrected chi connectivity index (χ0v) is 14.1. The second kappa shape index (κ2) is 7.79. The third-order valence-electron chi connectivity index (χ3n) is 3.16. The molecule has 0 heterocycles. The molecule has 0 bridgehead atoms. The second-order valence-corrected chi connectivity index (χ2v) is 5.17. The van der Waals surface area contributed by atoms with Gasteiger partial charge in [-0.2, -0.15) is 13.2 Å². The van der Waals surface area contributed by atoms with Crippen molar-refractivity contribution in [3.8, 4) is 11.5 Å². The van der Waals surface area contributed by atoms with Crippen LogP contribution in [0.15, 0.2) is 12.1 Å². The summed E-state index contributed by atoms with van der Waals surface area (Å²) in [6, 6.07) is 2.48. The van der Waals surface area contributed by atoms with Crippen LogP contribution in [0.1, 0.15) is 6.42 Å². The lowest BCUT2D eigenvalue weighted by Gasteiger charge is -2.27. The Hall–Kier alpha value is -2.20. The molecule has 11 heteroatoms. The van der Waals surface area contributed by atoms with E-state index in [4.69, 9.17) is 21.1 Å². The maximum absolute atomic E-state index is 13.0. The summed E-state index contributed by atoms with van der Waals surface area (Å²) in [5.41, 5.74) is -4.07. The highest BCUT2D eigenvalue weighted by Gasteiger charge is 2.61. The van der Waals surface area contributed by atoms with Crippen molar-refractivity contribution in [1.29, 1.82) is 0 Å². The summed E-state index contributed by atoms with van der Waals surface area (Å²) in [7, 11) is 3.24. The standard InChI is InChI=1S/C14H15ClF3NO6/c1-23-9-5-10(24-2)8(4-7(9)15)19-11(20)6-13(22,12(21)25-3)14(16,17)18/h4-5,22H,6H2,1-3H3,(H,19,20). The number of benzene rings is 1. The highest BCUT2D eigenvalue weighted by Crippen LogP contribution is 2.37. The molecule has 1 aromatic carbocycles. The summed E-state index contributed by atoms with van der Waals surface area (Å²) >= 11 is 5.89. The van der Waals surface area contributed by atoms with E-state index in [2.05, 4.69) is 10.1 Å². The fraction of sp³-hybridized carbons (Fsp3) is 0.429. The van der Waals surface area contributed by atoms with E-state index in [0.717, 1.165) is 0 Å². The van der Waals surface area contributed by atoms with Crippen LogP contribution in [0.2, 0.25) is 5.02 Å². The minimum Gasteiger partial charge on any atom is -0.495 e. The normalized spacial score (nSPS) is 13.6. The van der Waals surface area contributed by atoms with Crippen LogP contribution in [0.5, 0.6) is 11.5 Å². The van der Waals surface area contributed by atoms with Crippen molar-refractivity contribution in [2.45, 2.75) is 18.2 Å². The number of ether oxygens (including phenoxy) is 3. The molecule has 0 spiro atoms. The van der Waals surface area contributed by atoms with Crippen LogP contribution in [-0.2, 0) is 14.3 Å². The van der Waals surface area contributed by atoms with E-state index < -0.39 is 30.1 Å². The number of alkyl halides is 3. The molecule has 1 aromatic rings. The van der Waals surface area contributed by atoms with E-state index in [0.29, 0.717) is 7.11 Å². The number of nitrogens with one attached hydrogen (secondary N) is 1. The zero-order chi connectivity index (χ0) is 19.4. The van der Waals surface area contributed by atoms with Crippen molar-refractivity contribution in [3.05, 3.63) is 17.2 Å². The Kier molecular flexibility index (Phi) is 6.49. The van der Waals surface area contributed by atoms with Crippen molar-refractivity contribution in [2.24, 2.45) is 0 Å². The Labute approximate surface area is 145 Å². The van der Waals surface area contributed by atoms with E-state index in [1.807, 2.05) is 0 Å². The Morgan fingerprint density at radius 2 is 1.72 bits per heavy atom. The molecule has 0 saturated heterocycles. The summed E-state index contributed by atoms with van der Waals surface area (Å²) in [5, 5.41) is 11.7. The van der Waals surface area contributed by atoms with Gasteiger partial charge in [-0.05, 0) is 6.07 Å². The number of hydrogen-bond donors (Lipinski definition) is 2. The van der Waals surface area contributed by atoms with Gasteiger partial charge in [-0.1, -0.05) is 11.6 Å². The fourth-order valence-electron chi connectivity index (χ4n) is 1.84. The van der Waals surface area contributed by atoms with Gasteiger partial charge in [0, 0.05) is 6.07 Å². The molecule has 25 heavy (non-hydrogen) atoms. The Balaban J connectivity index is 3.10. The first-order valence-electron chi connectivity index (χ1n) is 6.59. The van der Waals surface area contributed by atoms with Crippen LogP contribution in [0.25, 0.3) is 0 Å².